The van der Waals surface area contributed by atoms with E-state index in [9.17, 15) is 13.2 Å². The van der Waals surface area contributed by atoms with Gasteiger partial charge in [0.25, 0.3) is 5.92 Å². The molecule has 96 valence electrons. The van der Waals surface area contributed by atoms with Gasteiger partial charge in [-0.3, -0.25) is 4.68 Å². The van der Waals surface area contributed by atoms with Crippen LogP contribution in [-0.4, -0.2) is 26.6 Å². The molecule has 3 nitrogen and oxygen atoms in total. The van der Waals surface area contributed by atoms with E-state index in [1.807, 2.05) is 13.8 Å². The zero-order valence-electron chi connectivity index (χ0n) is 10.1. The van der Waals surface area contributed by atoms with Gasteiger partial charge in [-0.25, -0.2) is 13.2 Å². The van der Waals surface area contributed by atoms with Crippen LogP contribution in [0.25, 0.3) is 0 Å². The van der Waals surface area contributed by atoms with E-state index in [-0.39, 0.29) is 18.9 Å². The first-order valence-corrected chi connectivity index (χ1v) is 5.71. The summed E-state index contributed by atoms with van der Waals surface area (Å²) in [6, 6.07) is 0. The molecule has 17 heavy (non-hydrogen) atoms. The summed E-state index contributed by atoms with van der Waals surface area (Å²) >= 11 is 0. The van der Waals surface area contributed by atoms with Crippen LogP contribution in [0.5, 0.6) is 0 Å². The van der Waals surface area contributed by atoms with E-state index in [2.05, 4.69) is 10.3 Å². The van der Waals surface area contributed by atoms with Crippen LogP contribution >= 0.6 is 0 Å². The Hall–Kier alpha value is -1.07. The number of hydrogen-bond donors (Lipinski definition) is 0. The van der Waals surface area contributed by atoms with Gasteiger partial charge in [0.1, 0.15) is 0 Å². The summed E-state index contributed by atoms with van der Waals surface area (Å²) < 4.78 is 41.4. The first-order chi connectivity index (χ1) is 7.74. The fraction of sp³-hybridized carbons (Fsp3) is 0.818. The SMILES string of the molecule is CC(C)c1cn(CC2CC(C)(F)C2(F)F)nn1. The molecule has 2 rings (SSSR count). The van der Waals surface area contributed by atoms with Crippen molar-refractivity contribution in [2.24, 2.45) is 5.92 Å². The van der Waals surface area contributed by atoms with Crippen molar-refractivity contribution in [3.8, 4) is 0 Å². The van der Waals surface area contributed by atoms with Gasteiger partial charge in [-0.1, -0.05) is 19.1 Å². The maximum absolute atomic E-state index is 13.4. The molecule has 0 amide bonds. The molecule has 0 N–H and O–H groups in total. The van der Waals surface area contributed by atoms with Crippen molar-refractivity contribution in [1.29, 1.82) is 0 Å². The highest BCUT2D eigenvalue weighted by Gasteiger charge is 2.67. The van der Waals surface area contributed by atoms with Gasteiger partial charge >= 0.3 is 0 Å². The van der Waals surface area contributed by atoms with E-state index in [1.54, 1.807) is 6.20 Å². The quantitative estimate of drug-likeness (QED) is 0.822. The number of hydrogen-bond acceptors (Lipinski definition) is 2. The van der Waals surface area contributed by atoms with Gasteiger partial charge in [0.15, 0.2) is 5.67 Å². The monoisotopic (exact) mass is 247 g/mol. The maximum Gasteiger partial charge on any atom is 0.285 e. The number of rotatable bonds is 3. The molecule has 0 spiro atoms. The van der Waals surface area contributed by atoms with E-state index < -0.39 is 17.5 Å². The lowest BCUT2D eigenvalue weighted by Crippen LogP contribution is -2.60. The Labute approximate surface area is 98.0 Å². The Morgan fingerprint density at radius 3 is 2.53 bits per heavy atom. The first kappa shape index (κ1) is 12.4. The average molecular weight is 247 g/mol. The minimum atomic E-state index is -3.27. The molecule has 1 aromatic rings. The Morgan fingerprint density at radius 1 is 1.47 bits per heavy atom. The van der Waals surface area contributed by atoms with Gasteiger partial charge in [0, 0.05) is 12.1 Å². The molecule has 0 bridgehead atoms. The zero-order chi connectivity index (χ0) is 12.8. The summed E-state index contributed by atoms with van der Waals surface area (Å²) in [6.07, 6.45) is 1.52. The number of aromatic nitrogens is 3. The maximum atomic E-state index is 13.4. The molecule has 1 saturated carbocycles. The first-order valence-electron chi connectivity index (χ1n) is 5.71. The predicted octanol–water partition coefficient (Wildman–Crippen LogP) is 2.78. The highest BCUT2D eigenvalue weighted by molar-refractivity contribution is 5.07. The minimum Gasteiger partial charge on any atom is -0.252 e. The Bertz CT molecular complexity index is 412. The smallest absolute Gasteiger partial charge is 0.252 e. The highest BCUT2D eigenvalue weighted by atomic mass is 19.3. The standard InChI is InChI=1S/C11H16F3N3/c1-7(2)9-6-17(16-15-9)5-8-4-10(3,12)11(8,13)14/h6-8H,4-5H2,1-3H3. The Morgan fingerprint density at radius 2 is 2.12 bits per heavy atom. The fourth-order valence-electron chi connectivity index (χ4n) is 2.09. The van der Waals surface area contributed by atoms with Gasteiger partial charge in [-0.05, 0) is 19.3 Å². The molecule has 1 aliphatic carbocycles. The zero-order valence-corrected chi connectivity index (χ0v) is 10.1. The van der Waals surface area contributed by atoms with Crippen molar-refractivity contribution in [3.05, 3.63) is 11.9 Å². The molecule has 2 unspecified atom stereocenters. The molecule has 1 fully saturated rings. The van der Waals surface area contributed by atoms with Crippen LogP contribution in [0.15, 0.2) is 6.20 Å². The second kappa shape index (κ2) is 3.71. The van der Waals surface area contributed by atoms with E-state index in [0.29, 0.717) is 0 Å². The third-order valence-corrected chi connectivity index (χ3v) is 3.39. The molecule has 1 heterocycles. The van der Waals surface area contributed by atoms with Gasteiger partial charge in [0.05, 0.1) is 12.2 Å². The molecular weight excluding hydrogens is 231 g/mol. The molecule has 0 aromatic carbocycles. The molecule has 0 aliphatic heterocycles. The molecular formula is C11H16F3N3. The summed E-state index contributed by atoms with van der Waals surface area (Å²) in [4.78, 5) is 0. The van der Waals surface area contributed by atoms with Crippen LogP contribution in [0.4, 0.5) is 13.2 Å². The highest BCUT2D eigenvalue weighted by Crippen LogP contribution is 2.54. The molecule has 1 aliphatic rings. The second-order valence-electron chi connectivity index (χ2n) is 5.24. The summed E-state index contributed by atoms with van der Waals surface area (Å²) in [6.45, 7) is 4.87. The minimum absolute atomic E-state index is 0.0201. The lowest BCUT2D eigenvalue weighted by Gasteiger charge is -2.47. The van der Waals surface area contributed by atoms with Crippen molar-refractivity contribution < 1.29 is 13.2 Å². The van der Waals surface area contributed by atoms with Crippen molar-refractivity contribution >= 4 is 0 Å². The predicted molar refractivity (Wildman–Crippen MR) is 56.7 cm³/mol. The van der Waals surface area contributed by atoms with Gasteiger partial charge in [0.2, 0.25) is 0 Å². The summed E-state index contributed by atoms with van der Waals surface area (Å²) in [7, 11) is 0. The second-order valence-corrected chi connectivity index (χ2v) is 5.24. The fourth-order valence-corrected chi connectivity index (χ4v) is 2.09. The van der Waals surface area contributed by atoms with Crippen molar-refractivity contribution in [1.82, 2.24) is 15.0 Å². The molecule has 2 atom stereocenters. The van der Waals surface area contributed by atoms with Gasteiger partial charge in [-0.2, -0.15) is 0 Å². The lowest BCUT2D eigenvalue weighted by molar-refractivity contribution is -0.251. The summed E-state index contributed by atoms with van der Waals surface area (Å²) in [5.74, 6) is -4.05. The normalized spacial score (nSPS) is 31.6. The van der Waals surface area contributed by atoms with Gasteiger partial charge < -0.3 is 0 Å². The van der Waals surface area contributed by atoms with Crippen LogP contribution in [0.2, 0.25) is 0 Å². The van der Waals surface area contributed by atoms with Crippen LogP contribution in [0.1, 0.15) is 38.8 Å². The van der Waals surface area contributed by atoms with Crippen LogP contribution in [-0.2, 0) is 6.54 Å². The third-order valence-electron chi connectivity index (χ3n) is 3.39. The molecule has 0 saturated heterocycles. The van der Waals surface area contributed by atoms with Crippen LogP contribution in [0.3, 0.4) is 0 Å². The molecule has 6 heteroatoms. The number of halogens is 3. The summed E-state index contributed by atoms with van der Waals surface area (Å²) in [5.41, 5.74) is -1.62. The van der Waals surface area contributed by atoms with E-state index >= 15 is 0 Å². The van der Waals surface area contributed by atoms with Gasteiger partial charge in [-0.15, -0.1) is 5.10 Å². The average Bonchev–Trinajstić information content (AvgIpc) is 2.65. The van der Waals surface area contributed by atoms with E-state index in [1.165, 1.54) is 4.68 Å². The Balaban J connectivity index is 2.03. The van der Waals surface area contributed by atoms with E-state index in [4.69, 9.17) is 0 Å². The molecule has 0 radical (unpaired) electrons. The van der Waals surface area contributed by atoms with Crippen molar-refractivity contribution in [2.45, 2.75) is 51.2 Å². The van der Waals surface area contributed by atoms with Crippen molar-refractivity contribution in [3.63, 3.8) is 0 Å². The largest absolute Gasteiger partial charge is 0.285 e. The van der Waals surface area contributed by atoms with Crippen LogP contribution in [0, 0.1) is 5.92 Å². The Kier molecular flexibility index (Phi) is 2.71. The third kappa shape index (κ3) is 1.93. The number of alkyl halides is 3. The van der Waals surface area contributed by atoms with Crippen LogP contribution < -0.4 is 0 Å². The summed E-state index contributed by atoms with van der Waals surface area (Å²) in [5, 5.41) is 7.67. The molecule has 1 aromatic heterocycles. The topological polar surface area (TPSA) is 30.7 Å². The van der Waals surface area contributed by atoms with Crippen molar-refractivity contribution in [2.75, 3.05) is 0 Å². The lowest BCUT2D eigenvalue weighted by atomic mass is 9.69. The van der Waals surface area contributed by atoms with E-state index in [0.717, 1.165) is 12.6 Å². The number of nitrogens with zero attached hydrogens (tertiary/aromatic N) is 3.